The first kappa shape index (κ1) is 21.8. The minimum Gasteiger partial charge on any atom is -0.353 e. The van der Waals surface area contributed by atoms with Crippen molar-refractivity contribution in [1.29, 1.82) is 0 Å². The molecule has 3 atom stereocenters. The van der Waals surface area contributed by atoms with E-state index in [-0.39, 0.29) is 36.3 Å². The number of ether oxygens (including phenoxy) is 1. The van der Waals surface area contributed by atoms with Crippen LogP contribution in [0.1, 0.15) is 50.2 Å². The van der Waals surface area contributed by atoms with Gasteiger partial charge in [-0.15, -0.1) is 0 Å². The lowest BCUT2D eigenvalue weighted by atomic mass is 10.1. The zero-order chi connectivity index (χ0) is 22.0. The van der Waals surface area contributed by atoms with E-state index < -0.39 is 12.3 Å². The Labute approximate surface area is 183 Å². The molecular weight excluding hydrogens is 396 g/mol. The zero-order valence-electron chi connectivity index (χ0n) is 18.3. The Balaban J connectivity index is 1.50. The van der Waals surface area contributed by atoms with Crippen molar-refractivity contribution >= 4 is 17.7 Å². The number of benzene rings is 1. The van der Waals surface area contributed by atoms with Crippen LogP contribution < -0.4 is 10.6 Å². The van der Waals surface area contributed by atoms with E-state index in [2.05, 4.69) is 22.8 Å². The van der Waals surface area contributed by atoms with Gasteiger partial charge in [0.05, 0.1) is 12.1 Å². The maximum absolute atomic E-state index is 13.5. The van der Waals surface area contributed by atoms with Gasteiger partial charge in [0.1, 0.15) is 6.04 Å². The molecule has 2 N–H and O–H groups in total. The lowest BCUT2D eigenvalue weighted by Crippen LogP contribution is -2.62. The van der Waals surface area contributed by atoms with Crippen LogP contribution in [0, 0.1) is 0 Å². The molecule has 1 aromatic carbocycles. The Bertz CT molecular complexity index is 816. The van der Waals surface area contributed by atoms with Crippen LogP contribution >= 0.6 is 0 Å². The van der Waals surface area contributed by atoms with E-state index in [4.69, 9.17) is 4.74 Å². The van der Waals surface area contributed by atoms with E-state index in [1.165, 1.54) is 16.1 Å². The molecule has 2 saturated heterocycles. The number of carbonyl (C=O) groups is 3. The van der Waals surface area contributed by atoms with Crippen LogP contribution in [-0.2, 0) is 32.0 Å². The second kappa shape index (κ2) is 9.36. The normalized spacial score (nSPS) is 25.1. The third-order valence-electron chi connectivity index (χ3n) is 6.57. The Hall–Kier alpha value is -2.45. The van der Waals surface area contributed by atoms with Crippen molar-refractivity contribution in [2.75, 3.05) is 13.6 Å². The quantitative estimate of drug-likeness (QED) is 0.709. The third kappa shape index (κ3) is 4.45. The molecule has 0 aromatic heterocycles. The first-order chi connectivity index (χ1) is 15.0. The molecule has 1 aromatic rings. The highest BCUT2D eigenvalue weighted by molar-refractivity contribution is 5.92. The van der Waals surface area contributed by atoms with E-state index in [9.17, 15) is 14.4 Å². The van der Waals surface area contributed by atoms with E-state index >= 15 is 0 Å². The van der Waals surface area contributed by atoms with Crippen LogP contribution in [0.15, 0.2) is 24.3 Å². The van der Waals surface area contributed by atoms with Gasteiger partial charge in [-0.2, -0.15) is 0 Å². The molecule has 1 aliphatic carbocycles. The summed E-state index contributed by atoms with van der Waals surface area (Å²) in [6.45, 7) is 2.42. The lowest BCUT2D eigenvalue weighted by molar-refractivity contribution is -0.212. The number of hydrogen-bond acceptors (Lipinski definition) is 5. The summed E-state index contributed by atoms with van der Waals surface area (Å²) in [5.41, 5.74) is 2.56. The minimum atomic E-state index is -0.728. The summed E-state index contributed by atoms with van der Waals surface area (Å²) < 4.78 is 6.41. The van der Waals surface area contributed by atoms with Crippen molar-refractivity contribution in [3.05, 3.63) is 35.4 Å². The van der Waals surface area contributed by atoms with Crippen molar-refractivity contribution < 1.29 is 19.1 Å². The average Bonchev–Trinajstić information content (AvgIpc) is 3.14. The largest absolute Gasteiger partial charge is 0.353 e. The molecule has 0 bridgehead atoms. The summed E-state index contributed by atoms with van der Waals surface area (Å²) in [7, 11) is 1.72. The van der Waals surface area contributed by atoms with Crippen molar-refractivity contribution in [1.82, 2.24) is 20.7 Å². The molecule has 2 heterocycles. The number of carbonyl (C=O) groups excluding carboxylic acids is 3. The molecule has 168 valence electrons. The fourth-order valence-corrected chi connectivity index (χ4v) is 4.88. The molecule has 8 nitrogen and oxygen atoms in total. The highest BCUT2D eigenvalue weighted by atomic mass is 16.5. The molecule has 2 unspecified atom stereocenters. The molecule has 0 radical (unpaired) electrons. The SMILES string of the molecule is CCC(NC)C(=O)N[C@H]1CCC(=O)N2CCCC(OC3Cc4ccccc4C3)N2C1=O. The van der Waals surface area contributed by atoms with Gasteiger partial charge in [-0.05, 0) is 56.7 Å². The van der Waals surface area contributed by atoms with Gasteiger partial charge in [-0.1, -0.05) is 31.2 Å². The van der Waals surface area contributed by atoms with E-state index in [1.54, 1.807) is 12.1 Å². The second-order valence-corrected chi connectivity index (χ2v) is 8.58. The number of fused-ring (bicyclic) bond motifs is 2. The molecular formula is C23H32N4O4. The highest BCUT2D eigenvalue weighted by Gasteiger charge is 2.43. The number of hydrogen-bond donors (Lipinski definition) is 2. The monoisotopic (exact) mass is 428 g/mol. The molecule has 0 saturated carbocycles. The maximum atomic E-state index is 13.5. The summed E-state index contributed by atoms with van der Waals surface area (Å²) >= 11 is 0. The molecule has 8 heteroatoms. The van der Waals surface area contributed by atoms with Crippen LogP contribution in [0.3, 0.4) is 0 Å². The van der Waals surface area contributed by atoms with Crippen LogP contribution in [0.25, 0.3) is 0 Å². The Morgan fingerprint density at radius 2 is 1.90 bits per heavy atom. The van der Waals surface area contributed by atoms with Gasteiger partial charge in [-0.3, -0.25) is 14.4 Å². The number of nitrogens with one attached hydrogen (secondary N) is 2. The third-order valence-corrected chi connectivity index (χ3v) is 6.57. The number of rotatable bonds is 6. The second-order valence-electron chi connectivity index (χ2n) is 8.58. The lowest BCUT2D eigenvalue weighted by Gasteiger charge is -2.44. The first-order valence-corrected chi connectivity index (χ1v) is 11.3. The minimum absolute atomic E-state index is 0.0182. The van der Waals surface area contributed by atoms with E-state index in [0.29, 0.717) is 25.8 Å². The predicted octanol–water partition coefficient (Wildman–Crippen LogP) is 1.14. The van der Waals surface area contributed by atoms with Crippen molar-refractivity contribution in [3.8, 4) is 0 Å². The molecule has 4 rings (SSSR count). The van der Waals surface area contributed by atoms with Gasteiger partial charge in [0, 0.05) is 13.0 Å². The summed E-state index contributed by atoms with van der Waals surface area (Å²) in [6.07, 6.45) is 3.72. The first-order valence-electron chi connectivity index (χ1n) is 11.3. The molecule has 31 heavy (non-hydrogen) atoms. The topological polar surface area (TPSA) is 91.0 Å². The van der Waals surface area contributed by atoms with E-state index in [1.807, 2.05) is 19.1 Å². The van der Waals surface area contributed by atoms with Gasteiger partial charge >= 0.3 is 0 Å². The van der Waals surface area contributed by atoms with Gasteiger partial charge in [0.15, 0.2) is 6.23 Å². The van der Waals surface area contributed by atoms with Gasteiger partial charge in [0.25, 0.3) is 5.91 Å². The highest BCUT2D eigenvalue weighted by Crippen LogP contribution is 2.30. The molecule has 2 fully saturated rings. The summed E-state index contributed by atoms with van der Waals surface area (Å²) in [5.74, 6) is -0.566. The van der Waals surface area contributed by atoms with E-state index in [0.717, 1.165) is 19.3 Å². The standard InChI is InChI=1S/C23H32N4O4/c1-3-18(24-2)22(29)25-19-10-11-20(28)26-12-6-9-21(27(26)23(19)30)31-17-13-15-7-4-5-8-16(15)14-17/h4-5,7-8,17-19,21,24H,3,6,9-14H2,1-2H3,(H,25,29)/t18?,19-,21?/m0/s1. The molecule has 3 aliphatic rings. The summed E-state index contributed by atoms with van der Waals surface area (Å²) in [6, 6.07) is 7.20. The van der Waals surface area contributed by atoms with Crippen molar-refractivity contribution in [2.45, 2.75) is 76.3 Å². The molecule has 0 spiro atoms. The predicted molar refractivity (Wildman–Crippen MR) is 115 cm³/mol. The number of hydrazine groups is 1. The van der Waals surface area contributed by atoms with Crippen LogP contribution in [0.4, 0.5) is 0 Å². The van der Waals surface area contributed by atoms with Crippen LogP contribution in [0.2, 0.25) is 0 Å². The van der Waals surface area contributed by atoms with Crippen LogP contribution in [-0.4, -0.2) is 65.7 Å². The summed E-state index contributed by atoms with van der Waals surface area (Å²) in [4.78, 5) is 38.8. The van der Waals surface area contributed by atoms with Crippen molar-refractivity contribution in [3.63, 3.8) is 0 Å². The smallest absolute Gasteiger partial charge is 0.266 e. The molecule has 2 aliphatic heterocycles. The van der Waals surface area contributed by atoms with Gasteiger partial charge in [0.2, 0.25) is 11.8 Å². The number of nitrogens with zero attached hydrogens (tertiary/aromatic N) is 2. The fourth-order valence-electron chi connectivity index (χ4n) is 4.88. The van der Waals surface area contributed by atoms with Gasteiger partial charge < -0.3 is 15.4 Å². The molecule has 3 amide bonds. The number of amides is 3. The van der Waals surface area contributed by atoms with Gasteiger partial charge in [-0.25, -0.2) is 10.0 Å². The van der Waals surface area contributed by atoms with Crippen molar-refractivity contribution in [2.24, 2.45) is 0 Å². The summed E-state index contributed by atoms with van der Waals surface area (Å²) in [5, 5.41) is 8.86. The Morgan fingerprint density at radius 3 is 2.55 bits per heavy atom. The fraction of sp³-hybridized carbons (Fsp3) is 0.609. The number of likely N-dealkylation sites (N-methyl/N-ethyl adjacent to an activating group) is 1. The zero-order valence-corrected chi connectivity index (χ0v) is 18.3. The Kier molecular flexibility index (Phi) is 6.57. The maximum Gasteiger partial charge on any atom is 0.266 e. The Morgan fingerprint density at radius 1 is 1.19 bits per heavy atom. The van der Waals surface area contributed by atoms with Crippen LogP contribution in [0.5, 0.6) is 0 Å². The average molecular weight is 429 g/mol.